The Morgan fingerprint density at radius 3 is 3.11 bits per heavy atom. The van der Waals surface area contributed by atoms with Crippen molar-refractivity contribution in [3.05, 3.63) is 23.9 Å². The van der Waals surface area contributed by atoms with Gasteiger partial charge < -0.3 is 0 Å². The molecule has 0 saturated heterocycles. The highest BCUT2D eigenvalue weighted by molar-refractivity contribution is 5.65. The zero-order chi connectivity index (χ0) is 6.69. The summed E-state index contributed by atoms with van der Waals surface area (Å²) >= 11 is 0. The maximum atomic E-state index is 4.18. The molecule has 1 nitrogen and oxygen atoms in total. The summed E-state index contributed by atoms with van der Waals surface area (Å²) in [5.74, 6) is 0.485. The van der Waals surface area contributed by atoms with Gasteiger partial charge in [-0.25, -0.2) is 0 Å². The van der Waals surface area contributed by atoms with Crippen LogP contribution >= 0.6 is 0 Å². The number of hydrogen-bond acceptors (Lipinski definition) is 1. The molecule has 9 heavy (non-hydrogen) atoms. The lowest BCUT2D eigenvalue weighted by molar-refractivity contribution is 1.03. The van der Waals surface area contributed by atoms with E-state index in [9.17, 15) is 0 Å². The first-order chi connectivity index (χ1) is 4.29. The molecule has 0 amide bonds. The van der Waals surface area contributed by atoms with E-state index in [1.807, 2.05) is 25.3 Å². The van der Waals surface area contributed by atoms with Crippen molar-refractivity contribution < 1.29 is 0 Å². The van der Waals surface area contributed by atoms with Gasteiger partial charge in [0.25, 0.3) is 0 Å². The van der Waals surface area contributed by atoms with Crippen molar-refractivity contribution in [2.75, 3.05) is 0 Å². The lowest BCUT2D eigenvalue weighted by Gasteiger charge is -1.90. The van der Waals surface area contributed by atoms with Gasteiger partial charge in [-0.05, 0) is 13.0 Å². The van der Waals surface area contributed by atoms with Crippen LogP contribution in [0.4, 0.5) is 0 Å². The molecule has 48 valence electrons. The minimum absolute atomic E-state index is 0.485. The topological polar surface area (TPSA) is 12.4 Å². The molecule has 0 bridgehead atoms. The Balaban J connectivity index is 2.75. The SMILES string of the molecule is CC1=CC=CC(C)C=N1. The van der Waals surface area contributed by atoms with E-state index in [-0.39, 0.29) is 0 Å². The summed E-state index contributed by atoms with van der Waals surface area (Å²) in [4.78, 5) is 4.18. The fourth-order valence-electron chi connectivity index (χ4n) is 0.698. The zero-order valence-corrected chi connectivity index (χ0v) is 5.83. The quantitative estimate of drug-likeness (QED) is 0.465. The molecule has 1 unspecified atom stereocenters. The van der Waals surface area contributed by atoms with Crippen molar-refractivity contribution in [3.8, 4) is 0 Å². The fraction of sp³-hybridized carbons (Fsp3) is 0.375. The van der Waals surface area contributed by atoms with Gasteiger partial charge in [-0.2, -0.15) is 0 Å². The molecule has 0 saturated carbocycles. The Bertz CT molecular complexity index is 175. The lowest BCUT2D eigenvalue weighted by atomic mass is 10.2. The van der Waals surface area contributed by atoms with Gasteiger partial charge in [-0.15, -0.1) is 0 Å². The third kappa shape index (κ3) is 1.84. The van der Waals surface area contributed by atoms with Gasteiger partial charge in [0.05, 0.1) is 0 Å². The van der Waals surface area contributed by atoms with E-state index in [2.05, 4.69) is 18.0 Å². The summed E-state index contributed by atoms with van der Waals surface area (Å²) in [7, 11) is 0. The molecule has 0 aromatic carbocycles. The first-order valence-corrected chi connectivity index (χ1v) is 3.18. The Morgan fingerprint density at radius 1 is 1.56 bits per heavy atom. The van der Waals surface area contributed by atoms with E-state index in [1.165, 1.54) is 0 Å². The second-order valence-corrected chi connectivity index (χ2v) is 2.33. The molecule has 0 spiro atoms. The summed E-state index contributed by atoms with van der Waals surface area (Å²) in [5.41, 5.74) is 1.08. The number of nitrogens with zero attached hydrogens (tertiary/aromatic N) is 1. The molecule has 0 radical (unpaired) electrons. The molecule has 1 rings (SSSR count). The van der Waals surface area contributed by atoms with E-state index in [0.29, 0.717) is 5.92 Å². The van der Waals surface area contributed by atoms with E-state index in [1.54, 1.807) is 0 Å². The van der Waals surface area contributed by atoms with Gasteiger partial charge in [0, 0.05) is 17.8 Å². The summed E-state index contributed by atoms with van der Waals surface area (Å²) in [6.07, 6.45) is 8.14. The highest BCUT2D eigenvalue weighted by Gasteiger charge is 1.92. The third-order valence-corrected chi connectivity index (χ3v) is 1.27. The van der Waals surface area contributed by atoms with Gasteiger partial charge in [0.1, 0.15) is 0 Å². The summed E-state index contributed by atoms with van der Waals surface area (Å²) < 4.78 is 0. The van der Waals surface area contributed by atoms with E-state index >= 15 is 0 Å². The smallest absolute Gasteiger partial charge is 0.0368 e. The molecule has 0 aromatic rings. The van der Waals surface area contributed by atoms with Crippen molar-refractivity contribution in [3.63, 3.8) is 0 Å². The number of aliphatic imine (C=N–C) groups is 1. The Morgan fingerprint density at radius 2 is 2.33 bits per heavy atom. The van der Waals surface area contributed by atoms with Crippen molar-refractivity contribution >= 4 is 6.21 Å². The number of hydrogen-bond donors (Lipinski definition) is 0. The monoisotopic (exact) mass is 121 g/mol. The molecule has 1 aliphatic rings. The molecule has 1 atom stereocenters. The number of rotatable bonds is 0. The molecule has 1 heteroatoms. The lowest BCUT2D eigenvalue weighted by Crippen LogP contribution is -1.87. The largest absolute Gasteiger partial charge is 0.265 e. The van der Waals surface area contributed by atoms with Gasteiger partial charge in [-0.3, -0.25) is 4.99 Å². The van der Waals surface area contributed by atoms with Gasteiger partial charge in [-0.1, -0.05) is 19.1 Å². The van der Waals surface area contributed by atoms with Crippen LogP contribution in [-0.4, -0.2) is 6.21 Å². The molecular weight excluding hydrogens is 110 g/mol. The van der Waals surface area contributed by atoms with Crippen molar-refractivity contribution in [1.29, 1.82) is 0 Å². The molecule has 0 aliphatic carbocycles. The second-order valence-electron chi connectivity index (χ2n) is 2.33. The maximum Gasteiger partial charge on any atom is 0.0368 e. The van der Waals surface area contributed by atoms with Crippen LogP contribution in [0.1, 0.15) is 13.8 Å². The predicted molar refractivity (Wildman–Crippen MR) is 40.6 cm³/mol. The van der Waals surface area contributed by atoms with Crippen LogP contribution in [0, 0.1) is 5.92 Å². The standard InChI is InChI=1S/C8H11N/c1-7-4-3-5-8(2)9-6-7/h3-7H,1-2H3. The molecular formula is C8H11N. The van der Waals surface area contributed by atoms with Gasteiger partial charge in [0.15, 0.2) is 0 Å². The predicted octanol–water partition coefficient (Wildman–Crippen LogP) is 2.17. The maximum absolute atomic E-state index is 4.18. The van der Waals surface area contributed by atoms with E-state index < -0.39 is 0 Å². The number of allylic oxidation sites excluding steroid dienone is 4. The van der Waals surface area contributed by atoms with Crippen LogP contribution < -0.4 is 0 Å². The van der Waals surface area contributed by atoms with E-state index in [4.69, 9.17) is 0 Å². The minimum Gasteiger partial charge on any atom is -0.265 e. The highest BCUT2D eigenvalue weighted by atomic mass is 14.7. The fourth-order valence-corrected chi connectivity index (χ4v) is 0.698. The van der Waals surface area contributed by atoms with Gasteiger partial charge in [0.2, 0.25) is 0 Å². The first kappa shape index (κ1) is 6.27. The Hall–Kier alpha value is -0.850. The second kappa shape index (κ2) is 2.62. The van der Waals surface area contributed by atoms with Crippen molar-refractivity contribution in [1.82, 2.24) is 0 Å². The third-order valence-electron chi connectivity index (χ3n) is 1.27. The molecule has 0 aromatic heterocycles. The Labute approximate surface area is 55.8 Å². The summed E-state index contributed by atoms with van der Waals surface area (Å²) in [5, 5.41) is 0. The van der Waals surface area contributed by atoms with Gasteiger partial charge >= 0.3 is 0 Å². The first-order valence-electron chi connectivity index (χ1n) is 3.18. The van der Waals surface area contributed by atoms with Crippen LogP contribution in [0.25, 0.3) is 0 Å². The zero-order valence-electron chi connectivity index (χ0n) is 5.83. The van der Waals surface area contributed by atoms with Crippen molar-refractivity contribution in [2.45, 2.75) is 13.8 Å². The summed E-state index contributed by atoms with van der Waals surface area (Å²) in [6.45, 7) is 4.12. The molecule has 0 N–H and O–H groups in total. The average Bonchev–Trinajstić information content (AvgIpc) is 1.97. The van der Waals surface area contributed by atoms with E-state index in [0.717, 1.165) is 5.70 Å². The molecule has 1 aliphatic heterocycles. The minimum atomic E-state index is 0.485. The summed E-state index contributed by atoms with van der Waals surface area (Å²) in [6, 6.07) is 0. The molecule has 0 fully saturated rings. The van der Waals surface area contributed by atoms with Crippen LogP contribution in [-0.2, 0) is 0 Å². The molecule has 1 heterocycles. The van der Waals surface area contributed by atoms with Crippen molar-refractivity contribution in [2.24, 2.45) is 10.9 Å². The van der Waals surface area contributed by atoms with Crippen LogP contribution in [0.2, 0.25) is 0 Å². The highest BCUT2D eigenvalue weighted by Crippen LogP contribution is 2.03. The van der Waals surface area contributed by atoms with Crippen LogP contribution in [0.5, 0.6) is 0 Å². The Kier molecular flexibility index (Phi) is 1.83. The van der Waals surface area contributed by atoms with Crippen LogP contribution in [0.3, 0.4) is 0 Å². The van der Waals surface area contributed by atoms with Crippen LogP contribution in [0.15, 0.2) is 28.9 Å². The normalized spacial score (nSPS) is 25.6. The average molecular weight is 121 g/mol.